The largest absolute Gasteiger partial charge is 0.369 e. The summed E-state index contributed by atoms with van der Waals surface area (Å²) in [7, 11) is 0. The molecule has 0 aliphatic heterocycles. The van der Waals surface area contributed by atoms with E-state index in [1.807, 2.05) is 0 Å². The lowest BCUT2D eigenvalue weighted by Gasteiger charge is -2.23. The number of nitrogens with zero attached hydrogens (tertiary/aromatic N) is 2. The normalized spacial score (nSPS) is 10.9. The summed E-state index contributed by atoms with van der Waals surface area (Å²) in [5.74, 6) is 0.0462. The van der Waals surface area contributed by atoms with Crippen LogP contribution in [-0.4, -0.2) is 11.5 Å². The average molecular weight is 221 g/mol. The molecule has 3 nitrogen and oxygen atoms in total. The van der Waals surface area contributed by atoms with Crippen molar-refractivity contribution in [3.05, 3.63) is 24.1 Å². The monoisotopic (exact) mass is 221 g/mol. The van der Waals surface area contributed by atoms with Gasteiger partial charge in [0.05, 0.1) is 6.07 Å². The van der Waals surface area contributed by atoms with Gasteiger partial charge in [-0.3, -0.25) is 0 Å². The first-order valence-electron chi connectivity index (χ1n) is 5.27. The fraction of sp³-hybridized carbons (Fsp3) is 0.500. The molecule has 0 amide bonds. The zero-order valence-corrected chi connectivity index (χ0v) is 9.63. The predicted molar refractivity (Wildman–Crippen MR) is 61.3 cm³/mol. The van der Waals surface area contributed by atoms with Gasteiger partial charge in [-0.2, -0.15) is 9.65 Å². The molecule has 1 aromatic rings. The summed E-state index contributed by atoms with van der Waals surface area (Å²) in [6.07, 6.45) is 1.34. The Labute approximate surface area is 95.3 Å². The minimum atomic E-state index is -0.486. The van der Waals surface area contributed by atoms with Gasteiger partial charge in [-0.1, -0.05) is 19.9 Å². The van der Waals surface area contributed by atoms with Crippen LogP contribution < -0.4 is 5.32 Å². The van der Waals surface area contributed by atoms with E-state index in [9.17, 15) is 4.39 Å². The predicted octanol–water partition coefficient (Wildman–Crippen LogP) is 2.96. The van der Waals surface area contributed by atoms with E-state index in [1.54, 1.807) is 12.1 Å². The van der Waals surface area contributed by atoms with E-state index in [4.69, 9.17) is 5.26 Å². The summed E-state index contributed by atoms with van der Waals surface area (Å²) in [4.78, 5) is 3.71. The molecule has 86 valence electrons. The van der Waals surface area contributed by atoms with Crippen LogP contribution >= 0.6 is 0 Å². The minimum Gasteiger partial charge on any atom is -0.369 e. The van der Waals surface area contributed by atoms with Crippen LogP contribution in [-0.2, 0) is 0 Å². The molecule has 1 aromatic heterocycles. The summed E-state index contributed by atoms with van der Waals surface area (Å²) in [5.41, 5.74) is 0.00370. The third-order valence-electron chi connectivity index (χ3n) is 2.38. The molecule has 4 heteroatoms. The van der Waals surface area contributed by atoms with Crippen molar-refractivity contribution in [3.63, 3.8) is 0 Å². The summed E-state index contributed by atoms with van der Waals surface area (Å²) in [6, 6.07) is 6.78. The Kier molecular flexibility index (Phi) is 4.24. The third-order valence-corrected chi connectivity index (χ3v) is 2.38. The molecule has 0 saturated carbocycles. The van der Waals surface area contributed by atoms with E-state index < -0.39 is 5.95 Å². The molecule has 0 bridgehead atoms. The minimum absolute atomic E-state index is 0.00370. The number of nitriles is 1. The molecule has 0 spiro atoms. The molecule has 0 atom stereocenters. The zero-order chi connectivity index (χ0) is 12.0. The van der Waals surface area contributed by atoms with Crippen molar-refractivity contribution in [1.29, 1.82) is 5.26 Å². The molecule has 0 radical (unpaired) electrons. The van der Waals surface area contributed by atoms with Gasteiger partial charge in [-0.05, 0) is 24.0 Å². The number of pyridine rings is 1. The topological polar surface area (TPSA) is 48.7 Å². The second-order valence-corrected chi connectivity index (χ2v) is 4.52. The summed E-state index contributed by atoms with van der Waals surface area (Å²) < 4.78 is 12.8. The molecular formula is C12H16FN3. The molecule has 0 aliphatic carbocycles. The van der Waals surface area contributed by atoms with Crippen LogP contribution in [0.5, 0.6) is 0 Å². The van der Waals surface area contributed by atoms with Gasteiger partial charge < -0.3 is 5.32 Å². The highest BCUT2D eigenvalue weighted by Gasteiger charge is 2.17. The zero-order valence-electron chi connectivity index (χ0n) is 9.63. The molecule has 0 aromatic carbocycles. The smallest absolute Gasteiger partial charge is 0.214 e. The number of hydrogen-bond acceptors (Lipinski definition) is 3. The van der Waals surface area contributed by atoms with Gasteiger partial charge in [0.1, 0.15) is 5.82 Å². The molecule has 0 fully saturated rings. The number of aromatic nitrogens is 1. The van der Waals surface area contributed by atoms with Crippen molar-refractivity contribution >= 4 is 5.82 Å². The van der Waals surface area contributed by atoms with Crippen molar-refractivity contribution in [2.24, 2.45) is 5.41 Å². The van der Waals surface area contributed by atoms with Crippen LogP contribution in [0.2, 0.25) is 0 Å². The average Bonchev–Trinajstić information content (AvgIpc) is 2.24. The summed E-state index contributed by atoms with van der Waals surface area (Å²) in [5, 5.41) is 11.6. The van der Waals surface area contributed by atoms with E-state index >= 15 is 0 Å². The fourth-order valence-electron chi connectivity index (χ4n) is 1.32. The Morgan fingerprint density at radius 3 is 2.88 bits per heavy atom. The van der Waals surface area contributed by atoms with Crippen LogP contribution in [0.3, 0.4) is 0 Å². The molecule has 1 heterocycles. The van der Waals surface area contributed by atoms with E-state index in [-0.39, 0.29) is 5.41 Å². The highest BCUT2D eigenvalue weighted by molar-refractivity contribution is 5.33. The lowest BCUT2D eigenvalue weighted by molar-refractivity contribution is 0.363. The summed E-state index contributed by atoms with van der Waals surface area (Å²) >= 11 is 0. The van der Waals surface area contributed by atoms with Gasteiger partial charge in [-0.15, -0.1) is 0 Å². The molecule has 0 aliphatic rings. The maximum absolute atomic E-state index is 12.8. The van der Waals surface area contributed by atoms with Gasteiger partial charge in [0.2, 0.25) is 5.95 Å². The van der Waals surface area contributed by atoms with Gasteiger partial charge in [0.25, 0.3) is 0 Å². The third kappa shape index (κ3) is 4.26. The van der Waals surface area contributed by atoms with E-state index in [0.717, 1.165) is 6.42 Å². The Morgan fingerprint density at radius 1 is 1.50 bits per heavy atom. The van der Waals surface area contributed by atoms with Gasteiger partial charge in [-0.25, -0.2) is 4.98 Å². The first-order valence-corrected chi connectivity index (χ1v) is 5.27. The van der Waals surface area contributed by atoms with Crippen LogP contribution in [0.25, 0.3) is 0 Å². The second kappa shape index (κ2) is 5.45. The Hall–Kier alpha value is -1.63. The van der Waals surface area contributed by atoms with Gasteiger partial charge in [0.15, 0.2) is 0 Å². The quantitative estimate of drug-likeness (QED) is 0.777. The van der Waals surface area contributed by atoms with E-state index in [0.29, 0.717) is 18.8 Å². The number of halogens is 1. The first kappa shape index (κ1) is 12.4. The van der Waals surface area contributed by atoms with Crippen molar-refractivity contribution in [3.8, 4) is 6.07 Å². The van der Waals surface area contributed by atoms with Gasteiger partial charge in [0, 0.05) is 13.0 Å². The van der Waals surface area contributed by atoms with E-state index in [2.05, 4.69) is 30.2 Å². The van der Waals surface area contributed by atoms with Crippen LogP contribution in [0.4, 0.5) is 10.2 Å². The molecule has 0 unspecified atom stereocenters. The first-order chi connectivity index (χ1) is 7.53. The number of anilines is 1. The second-order valence-electron chi connectivity index (χ2n) is 4.52. The van der Waals surface area contributed by atoms with Crippen molar-refractivity contribution < 1.29 is 4.39 Å². The molecule has 1 rings (SSSR count). The van der Waals surface area contributed by atoms with Gasteiger partial charge >= 0.3 is 0 Å². The van der Waals surface area contributed by atoms with Crippen molar-refractivity contribution in [1.82, 2.24) is 4.98 Å². The maximum atomic E-state index is 12.8. The Balaban J connectivity index is 2.48. The molecule has 1 N–H and O–H groups in total. The van der Waals surface area contributed by atoms with Crippen LogP contribution in [0.1, 0.15) is 26.7 Å². The highest BCUT2D eigenvalue weighted by Crippen LogP contribution is 2.22. The molecule has 0 saturated heterocycles. The van der Waals surface area contributed by atoms with E-state index in [1.165, 1.54) is 6.07 Å². The van der Waals surface area contributed by atoms with Crippen molar-refractivity contribution in [2.75, 3.05) is 11.9 Å². The SMILES string of the molecule is CC(C)(CCC#N)CNc1cccc(F)n1. The standard InChI is InChI=1S/C12H16FN3/c1-12(2,7-4-8-14)9-15-11-6-3-5-10(13)16-11/h3,5-6H,4,7,9H2,1-2H3,(H,15,16). The number of nitrogens with one attached hydrogen (secondary N) is 1. The summed E-state index contributed by atoms with van der Waals surface area (Å²) in [6.45, 7) is 4.80. The van der Waals surface area contributed by atoms with Crippen LogP contribution in [0, 0.1) is 22.7 Å². The molecular weight excluding hydrogens is 205 g/mol. The Bertz CT molecular complexity index is 382. The van der Waals surface area contributed by atoms with Crippen molar-refractivity contribution in [2.45, 2.75) is 26.7 Å². The number of hydrogen-bond donors (Lipinski definition) is 1. The highest BCUT2D eigenvalue weighted by atomic mass is 19.1. The lowest BCUT2D eigenvalue weighted by atomic mass is 9.88. The maximum Gasteiger partial charge on any atom is 0.214 e. The fourth-order valence-corrected chi connectivity index (χ4v) is 1.32. The Morgan fingerprint density at radius 2 is 2.25 bits per heavy atom. The van der Waals surface area contributed by atoms with Crippen LogP contribution in [0.15, 0.2) is 18.2 Å². The molecule has 16 heavy (non-hydrogen) atoms. The number of rotatable bonds is 5. The lowest BCUT2D eigenvalue weighted by Crippen LogP contribution is -2.23.